The maximum absolute atomic E-state index is 11.8. The molecular formula is C20H24N2O10. The number of rotatable bonds is 13. The van der Waals surface area contributed by atoms with Crippen molar-refractivity contribution in [2.45, 2.75) is 77.0 Å². The Hall–Kier alpha value is -3.44. The Morgan fingerprint density at radius 2 is 0.844 bits per heavy atom. The number of hydrogen-bond donors (Lipinski definition) is 0. The lowest BCUT2D eigenvalue weighted by Crippen LogP contribution is -2.32. The van der Waals surface area contributed by atoms with E-state index in [1.54, 1.807) is 0 Å². The van der Waals surface area contributed by atoms with Crippen molar-refractivity contribution in [2.24, 2.45) is 0 Å². The van der Waals surface area contributed by atoms with Crippen molar-refractivity contribution in [2.75, 3.05) is 0 Å². The van der Waals surface area contributed by atoms with Crippen LogP contribution in [0.15, 0.2) is 0 Å². The largest absolute Gasteiger partial charge is 0.333 e. The smallest absolute Gasteiger partial charge is 0.330 e. The molecule has 0 aromatic rings. The van der Waals surface area contributed by atoms with E-state index in [1.165, 1.54) is 0 Å². The van der Waals surface area contributed by atoms with Gasteiger partial charge in [0.25, 0.3) is 23.6 Å². The Labute approximate surface area is 183 Å². The quantitative estimate of drug-likeness (QED) is 0.359. The Balaban J connectivity index is 1.52. The second kappa shape index (κ2) is 11.8. The van der Waals surface area contributed by atoms with E-state index < -0.39 is 35.6 Å². The van der Waals surface area contributed by atoms with Crippen LogP contribution in [0.3, 0.4) is 0 Å². The van der Waals surface area contributed by atoms with Gasteiger partial charge in [-0.25, -0.2) is 9.59 Å². The number of Topliss-reactive ketones (excluding diaryl/α,β-unsaturated/α-hetero) is 2. The van der Waals surface area contributed by atoms with E-state index in [-0.39, 0.29) is 88.6 Å². The number of imide groups is 2. The third-order valence-electron chi connectivity index (χ3n) is 4.75. The first kappa shape index (κ1) is 24.8. The van der Waals surface area contributed by atoms with Gasteiger partial charge in [0.2, 0.25) is 0 Å². The molecular weight excluding hydrogens is 428 g/mol. The summed E-state index contributed by atoms with van der Waals surface area (Å²) in [5.74, 6) is -4.36. The number of carbonyl (C=O) groups excluding carboxylic acids is 8. The summed E-state index contributed by atoms with van der Waals surface area (Å²) in [7, 11) is 0. The zero-order valence-corrected chi connectivity index (χ0v) is 17.5. The van der Waals surface area contributed by atoms with Crippen molar-refractivity contribution >= 4 is 47.1 Å². The van der Waals surface area contributed by atoms with Gasteiger partial charge in [-0.15, -0.1) is 10.1 Å². The summed E-state index contributed by atoms with van der Waals surface area (Å²) >= 11 is 0. The Morgan fingerprint density at radius 1 is 0.531 bits per heavy atom. The lowest BCUT2D eigenvalue weighted by Gasteiger charge is -2.12. The van der Waals surface area contributed by atoms with Crippen LogP contribution in [0.5, 0.6) is 0 Å². The van der Waals surface area contributed by atoms with Crippen LogP contribution in [0.4, 0.5) is 0 Å². The first-order chi connectivity index (χ1) is 15.2. The van der Waals surface area contributed by atoms with Crippen molar-refractivity contribution in [3.05, 3.63) is 0 Å². The molecule has 0 bridgehead atoms. The molecule has 2 heterocycles. The molecule has 174 valence electrons. The average Bonchev–Trinajstić information content (AvgIpc) is 3.22. The molecule has 0 unspecified atom stereocenters. The van der Waals surface area contributed by atoms with E-state index in [2.05, 4.69) is 9.68 Å². The van der Waals surface area contributed by atoms with Gasteiger partial charge in [-0.2, -0.15) is 0 Å². The van der Waals surface area contributed by atoms with E-state index >= 15 is 0 Å². The van der Waals surface area contributed by atoms with Gasteiger partial charge in [0.15, 0.2) is 0 Å². The second-order valence-corrected chi connectivity index (χ2v) is 7.37. The minimum absolute atomic E-state index is 0.00237. The van der Waals surface area contributed by atoms with Crippen molar-refractivity contribution < 1.29 is 48.0 Å². The van der Waals surface area contributed by atoms with E-state index in [1.807, 2.05) is 0 Å². The van der Waals surface area contributed by atoms with Crippen molar-refractivity contribution in [3.63, 3.8) is 0 Å². The third kappa shape index (κ3) is 7.67. The molecule has 2 saturated heterocycles. The van der Waals surface area contributed by atoms with Gasteiger partial charge < -0.3 is 9.68 Å². The maximum Gasteiger partial charge on any atom is 0.333 e. The number of hydroxylamine groups is 4. The number of carbonyl (C=O) groups is 8. The van der Waals surface area contributed by atoms with E-state index in [9.17, 15) is 38.4 Å². The molecule has 2 rings (SSSR count). The zero-order chi connectivity index (χ0) is 23.7. The summed E-state index contributed by atoms with van der Waals surface area (Å²) in [5, 5.41) is 0.888. The summed E-state index contributed by atoms with van der Waals surface area (Å²) in [6.45, 7) is 0. The summed E-state index contributed by atoms with van der Waals surface area (Å²) in [5.41, 5.74) is 0. The highest BCUT2D eigenvalue weighted by atomic mass is 16.7. The molecule has 0 spiro atoms. The van der Waals surface area contributed by atoms with Gasteiger partial charge in [0.05, 0.1) is 0 Å². The molecule has 12 heteroatoms. The highest BCUT2D eigenvalue weighted by Crippen LogP contribution is 2.15. The molecule has 0 atom stereocenters. The minimum atomic E-state index is -0.790. The van der Waals surface area contributed by atoms with Crippen LogP contribution >= 0.6 is 0 Å². The fraction of sp³-hybridized carbons (Fsp3) is 0.600. The summed E-state index contributed by atoms with van der Waals surface area (Å²) in [6, 6.07) is 0. The topological polar surface area (TPSA) is 161 Å². The monoisotopic (exact) mass is 452 g/mol. The van der Waals surface area contributed by atoms with Gasteiger partial charge in [-0.05, 0) is 12.8 Å². The fourth-order valence-corrected chi connectivity index (χ4v) is 3.00. The molecule has 2 aliphatic rings. The Kier molecular flexibility index (Phi) is 9.17. The average molecular weight is 452 g/mol. The standard InChI is InChI=1S/C20H24N2O10/c23-13(3-1-5-19(29)31-21-15(25)9-10-16(21)26)7-8-14(24)4-2-6-20(30)32-22-17(27)11-12-18(22)28/h1-12H2. The van der Waals surface area contributed by atoms with Gasteiger partial charge in [-0.1, -0.05) is 0 Å². The molecule has 2 fully saturated rings. The zero-order valence-electron chi connectivity index (χ0n) is 17.5. The van der Waals surface area contributed by atoms with Gasteiger partial charge in [0, 0.05) is 64.2 Å². The molecule has 0 N–H and O–H groups in total. The SMILES string of the molecule is O=C(CCCC(=O)ON1C(=O)CCC1=O)CCC(=O)CCCC(=O)ON1C(=O)CCC1=O. The van der Waals surface area contributed by atoms with Crippen LogP contribution < -0.4 is 0 Å². The van der Waals surface area contributed by atoms with Crippen LogP contribution in [-0.4, -0.2) is 57.3 Å². The van der Waals surface area contributed by atoms with Gasteiger partial charge in [0.1, 0.15) is 11.6 Å². The molecule has 0 radical (unpaired) electrons. The van der Waals surface area contributed by atoms with Gasteiger partial charge >= 0.3 is 11.9 Å². The van der Waals surface area contributed by atoms with Gasteiger partial charge in [-0.3, -0.25) is 28.8 Å². The Morgan fingerprint density at radius 3 is 1.16 bits per heavy atom. The summed E-state index contributed by atoms with van der Waals surface area (Å²) < 4.78 is 0. The molecule has 4 amide bonds. The van der Waals surface area contributed by atoms with E-state index in [0.29, 0.717) is 10.1 Å². The lowest BCUT2D eigenvalue weighted by molar-refractivity contribution is -0.197. The summed E-state index contributed by atoms with van der Waals surface area (Å²) in [6.07, 6.45) is 0.0370. The normalized spacial score (nSPS) is 16.0. The van der Waals surface area contributed by atoms with Crippen LogP contribution in [-0.2, 0) is 48.0 Å². The van der Waals surface area contributed by atoms with Crippen molar-refractivity contribution in [1.82, 2.24) is 10.1 Å². The van der Waals surface area contributed by atoms with Crippen LogP contribution in [0.25, 0.3) is 0 Å². The highest BCUT2D eigenvalue weighted by Gasteiger charge is 2.33. The Bertz CT molecular complexity index is 734. The minimum Gasteiger partial charge on any atom is -0.330 e. The number of hydrogen-bond acceptors (Lipinski definition) is 10. The van der Waals surface area contributed by atoms with Crippen LogP contribution in [0.1, 0.15) is 77.0 Å². The molecule has 12 nitrogen and oxygen atoms in total. The number of nitrogens with zero attached hydrogens (tertiary/aromatic N) is 2. The lowest BCUT2D eigenvalue weighted by atomic mass is 10.0. The predicted octanol–water partition coefficient (Wildman–Crippen LogP) is 0.460. The first-order valence-corrected chi connectivity index (χ1v) is 10.3. The molecule has 0 aromatic heterocycles. The summed E-state index contributed by atoms with van der Waals surface area (Å²) in [4.78, 5) is 102. The van der Waals surface area contributed by atoms with Crippen molar-refractivity contribution in [1.29, 1.82) is 0 Å². The second-order valence-electron chi connectivity index (χ2n) is 7.37. The van der Waals surface area contributed by atoms with E-state index in [0.717, 1.165) is 0 Å². The number of amides is 4. The third-order valence-corrected chi connectivity index (χ3v) is 4.75. The first-order valence-electron chi connectivity index (χ1n) is 10.3. The highest BCUT2D eigenvalue weighted by molar-refractivity contribution is 6.02. The predicted molar refractivity (Wildman–Crippen MR) is 101 cm³/mol. The van der Waals surface area contributed by atoms with Crippen molar-refractivity contribution in [3.8, 4) is 0 Å². The van der Waals surface area contributed by atoms with Crippen LogP contribution in [0.2, 0.25) is 0 Å². The molecule has 32 heavy (non-hydrogen) atoms. The molecule has 2 aliphatic heterocycles. The molecule has 0 aromatic carbocycles. The molecule has 0 saturated carbocycles. The number of ketones is 2. The maximum atomic E-state index is 11.8. The van der Waals surface area contributed by atoms with E-state index in [4.69, 9.17) is 0 Å². The van der Waals surface area contributed by atoms with Crippen LogP contribution in [0, 0.1) is 0 Å². The fourth-order valence-electron chi connectivity index (χ4n) is 3.00. The molecule has 0 aliphatic carbocycles.